The number of carbonyl (C=O) groups excluding carboxylic acids is 1. The van der Waals surface area contributed by atoms with Crippen LogP contribution in [0.15, 0.2) is 30.3 Å². The minimum absolute atomic E-state index is 0.262. The molecule has 0 atom stereocenters. The molecule has 0 saturated carbocycles. The van der Waals surface area contributed by atoms with Crippen LogP contribution in [0.4, 0.5) is 0 Å². The van der Waals surface area contributed by atoms with Crippen LogP contribution < -0.4 is 0 Å². The van der Waals surface area contributed by atoms with Crippen LogP contribution in [-0.4, -0.2) is 17.4 Å². The highest BCUT2D eigenvalue weighted by molar-refractivity contribution is 5.47. The second-order valence-corrected chi connectivity index (χ2v) is 3.36. The van der Waals surface area contributed by atoms with Crippen LogP contribution >= 0.6 is 0 Å². The van der Waals surface area contributed by atoms with Crippen molar-refractivity contribution in [3.63, 3.8) is 0 Å². The fraction of sp³-hybridized carbons (Fsp3) is 0.364. The molecule has 1 amide bonds. The summed E-state index contributed by atoms with van der Waals surface area (Å²) in [7, 11) is 0. The Morgan fingerprint density at radius 1 is 1.31 bits per heavy atom. The van der Waals surface area contributed by atoms with E-state index >= 15 is 0 Å². The summed E-state index contributed by atoms with van der Waals surface area (Å²) in [4.78, 5) is 12.4. The summed E-state index contributed by atoms with van der Waals surface area (Å²) in [5, 5.41) is 0. The highest BCUT2D eigenvalue weighted by Gasteiger charge is 2.05. The normalized spacial score (nSPS) is 10.1. The van der Waals surface area contributed by atoms with Crippen molar-refractivity contribution in [2.75, 3.05) is 0 Å². The number of nitrogens with zero attached hydrogens (tertiary/aromatic N) is 1. The van der Waals surface area contributed by atoms with E-state index in [-0.39, 0.29) is 6.04 Å². The minimum atomic E-state index is 0.262. The highest BCUT2D eigenvalue weighted by Crippen LogP contribution is 2.05. The van der Waals surface area contributed by atoms with Crippen molar-refractivity contribution in [3.05, 3.63) is 35.9 Å². The number of benzene rings is 1. The third-order valence-electron chi connectivity index (χ3n) is 2.01. The van der Waals surface area contributed by atoms with E-state index in [4.69, 9.17) is 0 Å². The number of hydrogen-bond acceptors (Lipinski definition) is 1. The van der Waals surface area contributed by atoms with Gasteiger partial charge in [-0.05, 0) is 19.4 Å². The Morgan fingerprint density at radius 2 is 1.92 bits per heavy atom. The third-order valence-corrected chi connectivity index (χ3v) is 2.01. The first kappa shape index (κ1) is 9.78. The van der Waals surface area contributed by atoms with E-state index in [9.17, 15) is 4.79 Å². The summed E-state index contributed by atoms with van der Waals surface area (Å²) >= 11 is 0. The molecule has 1 rings (SSSR count). The number of amides is 1. The van der Waals surface area contributed by atoms with Gasteiger partial charge in [-0.25, -0.2) is 0 Å². The quantitative estimate of drug-likeness (QED) is 0.644. The van der Waals surface area contributed by atoms with Gasteiger partial charge in [0.2, 0.25) is 6.41 Å². The van der Waals surface area contributed by atoms with Gasteiger partial charge in [0, 0.05) is 12.6 Å². The van der Waals surface area contributed by atoms with Crippen LogP contribution in [0.5, 0.6) is 0 Å². The Balaban J connectivity index is 2.62. The maximum absolute atomic E-state index is 10.7. The second-order valence-electron chi connectivity index (χ2n) is 3.36. The minimum Gasteiger partial charge on any atom is -0.339 e. The van der Waals surface area contributed by atoms with Gasteiger partial charge in [-0.3, -0.25) is 4.79 Å². The number of rotatable bonds is 4. The van der Waals surface area contributed by atoms with Gasteiger partial charge >= 0.3 is 0 Å². The molecule has 2 nitrogen and oxygen atoms in total. The highest BCUT2D eigenvalue weighted by atomic mass is 16.1. The summed E-state index contributed by atoms with van der Waals surface area (Å²) < 4.78 is 0. The lowest BCUT2D eigenvalue weighted by atomic mass is 10.2. The van der Waals surface area contributed by atoms with Gasteiger partial charge in [0.25, 0.3) is 0 Å². The summed E-state index contributed by atoms with van der Waals surface area (Å²) in [6, 6.07) is 10.3. The topological polar surface area (TPSA) is 20.3 Å². The van der Waals surface area contributed by atoms with Crippen LogP contribution in [0.3, 0.4) is 0 Å². The number of hydrogen-bond donors (Lipinski definition) is 0. The molecule has 0 aliphatic carbocycles. The van der Waals surface area contributed by atoms with Crippen LogP contribution in [0.1, 0.15) is 19.4 Å². The van der Waals surface area contributed by atoms with Crippen molar-refractivity contribution >= 4 is 6.41 Å². The molecule has 0 unspecified atom stereocenters. The molecule has 0 N–H and O–H groups in total. The van der Waals surface area contributed by atoms with Gasteiger partial charge in [-0.1, -0.05) is 30.3 Å². The Labute approximate surface area is 79.2 Å². The molecule has 0 radical (unpaired) electrons. The number of carbonyl (C=O) groups is 1. The lowest BCUT2D eigenvalue weighted by Crippen LogP contribution is -2.28. The van der Waals surface area contributed by atoms with Crippen LogP contribution in [0.25, 0.3) is 0 Å². The zero-order valence-electron chi connectivity index (χ0n) is 8.10. The lowest BCUT2D eigenvalue weighted by Gasteiger charge is -2.21. The Bertz CT molecular complexity index is 256. The van der Waals surface area contributed by atoms with E-state index in [0.717, 1.165) is 6.41 Å². The van der Waals surface area contributed by atoms with Crippen LogP contribution in [-0.2, 0) is 11.3 Å². The van der Waals surface area contributed by atoms with Crippen molar-refractivity contribution in [1.82, 2.24) is 4.90 Å². The zero-order chi connectivity index (χ0) is 9.68. The molecule has 0 aliphatic heterocycles. The molecular formula is C11H15NO. The molecule has 13 heavy (non-hydrogen) atoms. The largest absolute Gasteiger partial charge is 0.339 e. The standard InChI is InChI=1S/C11H15NO/c1-10(2)12(9-13)8-11-6-4-3-5-7-11/h3-7,9-10H,8H2,1-2H3. The van der Waals surface area contributed by atoms with Crippen molar-refractivity contribution < 1.29 is 4.79 Å². The summed E-state index contributed by atoms with van der Waals surface area (Å²) in [6.45, 7) is 4.72. The average molecular weight is 177 g/mol. The molecule has 1 aromatic carbocycles. The molecule has 0 spiro atoms. The molecule has 0 saturated heterocycles. The molecule has 2 heteroatoms. The third kappa shape index (κ3) is 2.90. The van der Waals surface area contributed by atoms with Gasteiger partial charge in [0.05, 0.1) is 0 Å². The molecule has 0 heterocycles. The fourth-order valence-electron chi connectivity index (χ4n) is 1.14. The van der Waals surface area contributed by atoms with E-state index in [1.54, 1.807) is 4.90 Å². The smallest absolute Gasteiger partial charge is 0.210 e. The first-order chi connectivity index (χ1) is 6.24. The fourth-order valence-corrected chi connectivity index (χ4v) is 1.14. The Morgan fingerprint density at radius 3 is 2.38 bits per heavy atom. The van der Waals surface area contributed by atoms with Gasteiger partial charge in [0.15, 0.2) is 0 Å². The monoisotopic (exact) mass is 177 g/mol. The molecule has 0 aromatic heterocycles. The summed E-state index contributed by atoms with van der Waals surface area (Å²) in [6.07, 6.45) is 0.900. The Hall–Kier alpha value is -1.31. The van der Waals surface area contributed by atoms with Gasteiger partial charge in [-0.2, -0.15) is 0 Å². The Kier molecular flexibility index (Phi) is 3.50. The van der Waals surface area contributed by atoms with Crippen molar-refractivity contribution in [1.29, 1.82) is 0 Å². The lowest BCUT2D eigenvalue weighted by molar-refractivity contribution is -0.120. The predicted octanol–water partition coefficient (Wildman–Crippen LogP) is 2.05. The van der Waals surface area contributed by atoms with Gasteiger partial charge in [-0.15, -0.1) is 0 Å². The van der Waals surface area contributed by atoms with Crippen molar-refractivity contribution in [2.24, 2.45) is 0 Å². The maximum Gasteiger partial charge on any atom is 0.210 e. The second kappa shape index (κ2) is 4.65. The van der Waals surface area contributed by atoms with Gasteiger partial charge in [0.1, 0.15) is 0 Å². The van der Waals surface area contributed by atoms with Crippen molar-refractivity contribution in [2.45, 2.75) is 26.4 Å². The SMILES string of the molecule is CC(C)N(C=O)Cc1ccccc1. The molecule has 1 aromatic rings. The van der Waals surface area contributed by atoms with Crippen molar-refractivity contribution in [3.8, 4) is 0 Å². The van der Waals surface area contributed by atoms with Crippen LogP contribution in [0, 0.1) is 0 Å². The molecule has 70 valence electrons. The van der Waals surface area contributed by atoms with Crippen LogP contribution in [0.2, 0.25) is 0 Å². The van der Waals surface area contributed by atoms with Gasteiger partial charge < -0.3 is 4.90 Å². The first-order valence-corrected chi connectivity index (χ1v) is 4.49. The zero-order valence-corrected chi connectivity index (χ0v) is 8.10. The predicted molar refractivity (Wildman–Crippen MR) is 53.2 cm³/mol. The summed E-state index contributed by atoms with van der Waals surface area (Å²) in [5.74, 6) is 0. The summed E-state index contributed by atoms with van der Waals surface area (Å²) in [5.41, 5.74) is 1.17. The van der Waals surface area contributed by atoms with E-state index in [0.29, 0.717) is 6.54 Å². The maximum atomic E-state index is 10.7. The average Bonchev–Trinajstić information content (AvgIpc) is 2.15. The van der Waals surface area contributed by atoms with E-state index in [1.165, 1.54) is 5.56 Å². The molecule has 0 aliphatic rings. The molecular weight excluding hydrogens is 162 g/mol. The molecule has 0 bridgehead atoms. The van der Waals surface area contributed by atoms with E-state index in [2.05, 4.69) is 0 Å². The van der Waals surface area contributed by atoms with E-state index in [1.807, 2.05) is 44.2 Å². The molecule has 0 fully saturated rings. The first-order valence-electron chi connectivity index (χ1n) is 4.49. The van der Waals surface area contributed by atoms with E-state index < -0.39 is 0 Å².